The summed E-state index contributed by atoms with van der Waals surface area (Å²) in [6.45, 7) is 4.67. The van der Waals surface area contributed by atoms with Crippen LogP contribution >= 0.6 is 0 Å². The summed E-state index contributed by atoms with van der Waals surface area (Å²) in [7, 11) is 0. The third kappa shape index (κ3) is 5.33. The second kappa shape index (κ2) is 9.87. The number of hydrogen-bond acceptors (Lipinski definition) is 6. The molecule has 172 valence electrons. The first kappa shape index (κ1) is 21.8. The van der Waals surface area contributed by atoms with Crippen LogP contribution in [0.3, 0.4) is 0 Å². The van der Waals surface area contributed by atoms with Crippen LogP contribution < -0.4 is 5.32 Å². The maximum Gasteiger partial charge on any atom is 0.277 e. The van der Waals surface area contributed by atoms with Crippen molar-refractivity contribution in [3.05, 3.63) is 83.1 Å². The summed E-state index contributed by atoms with van der Waals surface area (Å²) < 4.78 is 5.58. The maximum absolute atomic E-state index is 12.6. The third-order valence-electron chi connectivity index (χ3n) is 6.58. The van der Waals surface area contributed by atoms with Gasteiger partial charge in [-0.2, -0.15) is 0 Å². The SMILES string of the molecule is O=C(Nc1ccc2c(c1)CCC2)c1coc(CN2CCN(C[C@@H](O)c3ccccc3)CC2)n1. The Bertz CT molecular complexity index is 1090. The Balaban J connectivity index is 1.10. The van der Waals surface area contributed by atoms with E-state index >= 15 is 0 Å². The molecule has 7 nitrogen and oxygen atoms in total. The van der Waals surface area contributed by atoms with Gasteiger partial charge in [-0.15, -0.1) is 0 Å². The lowest BCUT2D eigenvalue weighted by Crippen LogP contribution is -2.47. The van der Waals surface area contributed by atoms with Gasteiger partial charge < -0.3 is 14.8 Å². The molecule has 7 heteroatoms. The van der Waals surface area contributed by atoms with Crippen molar-refractivity contribution < 1.29 is 14.3 Å². The number of piperazine rings is 1. The number of benzene rings is 2. The number of nitrogens with zero attached hydrogens (tertiary/aromatic N) is 3. The lowest BCUT2D eigenvalue weighted by atomic mass is 10.1. The fraction of sp³-hybridized carbons (Fsp3) is 0.385. The maximum atomic E-state index is 12.6. The average Bonchev–Trinajstić information content (AvgIpc) is 3.50. The van der Waals surface area contributed by atoms with E-state index in [0.717, 1.165) is 50.3 Å². The number of aryl methyl sites for hydroxylation is 2. The van der Waals surface area contributed by atoms with E-state index in [1.165, 1.54) is 23.8 Å². The van der Waals surface area contributed by atoms with Crippen molar-refractivity contribution in [3.63, 3.8) is 0 Å². The van der Waals surface area contributed by atoms with E-state index in [4.69, 9.17) is 4.42 Å². The van der Waals surface area contributed by atoms with Crippen molar-refractivity contribution in [2.24, 2.45) is 0 Å². The first-order valence-electron chi connectivity index (χ1n) is 11.7. The van der Waals surface area contributed by atoms with Crippen molar-refractivity contribution >= 4 is 11.6 Å². The minimum Gasteiger partial charge on any atom is -0.447 e. The average molecular weight is 447 g/mol. The highest BCUT2D eigenvalue weighted by molar-refractivity contribution is 6.02. The molecule has 2 heterocycles. The Kier molecular flexibility index (Phi) is 6.53. The summed E-state index contributed by atoms with van der Waals surface area (Å²) in [5.74, 6) is 0.300. The molecule has 2 aliphatic rings. The second-order valence-corrected chi connectivity index (χ2v) is 8.92. The van der Waals surface area contributed by atoms with E-state index < -0.39 is 6.10 Å². The molecule has 5 rings (SSSR count). The quantitative estimate of drug-likeness (QED) is 0.580. The molecular weight excluding hydrogens is 416 g/mol. The highest BCUT2D eigenvalue weighted by atomic mass is 16.3. The molecule has 0 bridgehead atoms. The smallest absolute Gasteiger partial charge is 0.277 e. The number of anilines is 1. The van der Waals surface area contributed by atoms with Gasteiger partial charge in [0.15, 0.2) is 5.69 Å². The minimum atomic E-state index is -0.476. The molecule has 33 heavy (non-hydrogen) atoms. The van der Waals surface area contributed by atoms with Gasteiger partial charge in [0.2, 0.25) is 5.89 Å². The standard InChI is InChI=1S/C26H30N4O3/c31-24(20-5-2-1-3-6-20)16-29-11-13-30(14-12-29)17-25-28-23(18-33-25)26(32)27-22-10-9-19-7-4-8-21(19)15-22/h1-3,5-6,9-10,15,18,24,31H,4,7-8,11-14,16-17H2,(H,27,32)/t24-/m1/s1. The number of carbonyl (C=O) groups is 1. The molecule has 3 aromatic rings. The van der Waals surface area contributed by atoms with Crippen molar-refractivity contribution in [2.75, 3.05) is 38.0 Å². The summed E-state index contributed by atoms with van der Waals surface area (Å²) in [5.41, 5.74) is 4.76. The van der Waals surface area contributed by atoms with Crippen LogP contribution in [0.4, 0.5) is 5.69 Å². The van der Waals surface area contributed by atoms with E-state index in [1.807, 2.05) is 36.4 Å². The number of rotatable bonds is 7. The Morgan fingerprint density at radius 1 is 1.03 bits per heavy atom. The molecule has 1 atom stereocenters. The minimum absolute atomic E-state index is 0.248. The van der Waals surface area contributed by atoms with Crippen LogP contribution in [0.15, 0.2) is 59.2 Å². The number of aromatic nitrogens is 1. The number of aliphatic hydroxyl groups is 1. The van der Waals surface area contributed by atoms with Gasteiger partial charge in [0.1, 0.15) is 6.26 Å². The van der Waals surface area contributed by atoms with Crippen LogP contribution in [0.1, 0.15) is 45.6 Å². The molecule has 1 saturated heterocycles. The summed E-state index contributed by atoms with van der Waals surface area (Å²) >= 11 is 0. The number of nitrogens with one attached hydrogen (secondary N) is 1. The molecule has 1 aliphatic carbocycles. The number of fused-ring (bicyclic) bond motifs is 1. The molecule has 1 fully saturated rings. The van der Waals surface area contributed by atoms with E-state index in [0.29, 0.717) is 24.7 Å². The largest absolute Gasteiger partial charge is 0.447 e. The van der Waals surface area contributed by atoms with E-state index in [2.05, 4.69) is 32.2 Å². The highest BCUT2D eigenvalue weighted by Gasteiger charge is 2.22. The Morgan fingerprint density at radius 2 is 1.79 bits per heavy atom. The number of amides is 1. The van der Waals surface area contributed by atoms with Crippen LogP contribution in [-0.4, -0.2) is 58.5 Å². The molecule has 1 aliphatic heterocycles. The van der Waals surface area contributed by atoms with Crippen LogP contribution in [0, 0.1) is 0 Å². The van der Waals surface area contributed by atoms with Gasteiger partial charge in [-0.3, -0.25) is 14.6 Å². The number of carbonyl (C=O) groups excluding carboxylic acids is 1. The number of oxazole rings is 1. The number of hydrogen-bond donors (Lipinski definition) is 2. The Hall–Kier alpha value is -3.00. The molecule has 2 aromatic carbocycles. The van der Waals surface area contributed by atoms with E-state index in [-0.39, 0.29) is 5.91 Å². The normalized spacial score (nSPS) is 17.6. The second-order valence-electron chi connectivity index (χ2n) is 8.92. The number of aliphatic hydroxyl groups excluding tert-OH is 1. The van der Waals surface area contributed by atoms with Gasteiger partial charge in [-0.05, 0) is 48.1 Å². The lowest BCUT2D eigenvalue weighted by molar-refractivity contribution is 0.0671. The van der Waals surface area contributed by atoms with E-state index in [1.54, 1.807) is 0 Å². The lowest BCUT2D eigenvalue weighted by Gasteiger charge is -2.35. The topological polar surface area (TPSA) is 81.8 Å². The Morgan fingerprint density at radius 3 is 2.61 bits per heavy atom. The molecule has 2 N–H and O–H groups in total. The Labute approximate surface area is 194 Å². The third-order valence-corrected chi connectivity index (χ3v) is 6.58. The van der Waals surface area contributed by atoms with Crippen LogP contribution in [0.5, 0.6) is 0 Å². The van der Waals surface area contributed by atoms with E-state index in [9.17, 15) is 9.90 Å². The summed E-state index contributed by atoms with van der Waals surface area (Å²) in [6, 6.07) is 15.9. The van der Waals surface area contributed by atoms with Gasteiger partial charge in [0.05, 0.1) is 12.6 Å². The first-order chi connectivity index (χ1) is 16.1. The van der Waals surface area contributed by atoms with Crippen molar-refractivity contribution in [1.29, 1.82) is 0 Å². The summed E-state index contributed by atoms with van der Waals surface area (Å²) in [5, 5.41) is 13.4. The highest BCUT2D eigenvalue weighted by Crippen LogP contribution is 2.25. The van der Waals surface area contributed by atoms with Crippen LogP contribution in [0.2, 0.25) is 0 Å². The molecule has 1 aromatic heterocycles. The van der Waals surface area contributed by atoms with Crippen molar-refractivity contribution in [3.8, 4) is 0 Å². The van der Waals surface area contributed by atoms with Crippen LogP contribution in [0.25, 0.3) is 0 Å². The monoisotopic (exact) mass is 446 g/mol. The predicted octanol–water partition coefficient (Wildman–Crippen LogP) is 3.27. The molecule has 0 saturated carbocycles. The van der Waals surface area contributed by atoms with Gasteiger partial charge in [-0.25, -0.2) is 4.98 Å². The van der Waals surface area contributed by atoms with Crippen molar-refractivity contribution in [1.82, 2.24) is 14.8 Å². The molecule has 0 spiro atoms. The van der Waals surface area contributed by atoms with Crippen molar-refractivity contribution in [2.45, 2.75) is 31.9 Å². The number of β-amino-alcohol motifs (C(OH)–C–C–N with tert-alkyl or cyclic N) is 1. The van der Waals surface area contributed by atoms with Gasteiger partial charge >= 0.3 is 0 Å². The van der Waals surface area contributed by atoms with Gasteiger partial charge in [0, 0.05) is 38.4 Å². The summed E-state index contributed by atoms with van der Waals surface area (Å²) in [6.07, 6.45) is 4.34. The zero-order valence-corrected chi connectivity index (χ0v) is 18.7. The fourth-order valence-electron chi connectivity index (χ4n) is 4.68. The van der Waals surface area contributed by atoms with Gasteiger partial charge in [-0.1, -0.05) is 36.4 Å². The van der Waals surface area contributed by atoms with Crippen LogP contribution in [-0.2, 0) is 19.4 Å². The molecule has 1 amide bonds. The predicted molar refractivity (Wildman–Crippen MR) is 126 cm³/mol. The summed E-state index contributed by atoms with van der Waals surface area (Å²) in [4.78, 5) is 21.6. The fourth-order valence-corrected chi connectivity index (χ4v) is 4.68. The first-order valence-corrected chi connectivity index (χ1v) is 11.7. The molecule has 0 unspecified atom stereocenters. The molecular formula is C26H30N4O3. The molecule has 0 radical (unpaired) electrons. The zero-order valence-electron chi connectivity index (χ0n) is 18.7. The van der Waals surface area contributed by atoms with Gasteiger partial charge in [0.25, 0.3) is 5.91 Å². The zero-order chi connectivity index (χ0) is 22.6.